The molecule has 1 aromatic heterocycles. The maximum absolute atomic E-state index is 12.9. The van der Waals surface area contributed by atoms with Crippen LogP contribution in [0.25, 0.3) is 0 Å². The molecule has 0 aliphatic carbocycles. The van der Waals surface area contributed by atoms with Crippen LogP contribution in [0.15, 0.2) is 36.5 Å². The summed E-state index contributed by atoms with van der Waals surface area (Å²) in [6.45, 7) is 0. The van der Waals surface area contributed by atoms with Crippen molar-refractivity contribution in [1.29, 1.82) is 0 Å². The van der Waals surface area contributed by atoms with E-state index in [1.807, 2.05) is 0 Å². The number of aromatic nitrogens is 1. The normalized spacial score (nSPS) is 10.2. The molecule has 0 aliphatic heterocycles. The van der Waals surface area contributed by atoms with Gasteiger partial charge < -0.3 is 4.74 Å². The van der Waals surface area contributed by atoms with Gasteiger partial charge in [0, 0.05) is 18.3 Å². The minimum absolute atomic E-state index is 0.00598. The van der Waals surface area contributed by atoms with Crippen molar-refractivity contribution in [3.05, 3.63) is 52.4 Å². The molecule has 1 heterocycles. The Kier molecular flexibility index (Phi) is 3.27. The minimum Gasteiger partial charge on any atom is -0.439 e. The average molecular weight is 258 g/mol. The summed E-state index contributed by atoms with van der Waals surface area (Å²) in [5.74, 6) is 0.298. The van der Waals surface area contributed by atoms with Gasteiger partial charge in [0.2, 0.25) is 5.88 Å². The van der Waals surface area contributed by atoms with Gasteiger partial charge in [0.1, 0.15) is 11.6 Å². The van der Waals surface area contributed by atoms with Crippen molar-refractivity contribution < 1.29 is 9.13 Å². The lowest BCUT2D eigenvalue weighted by Gasteiger charge is -2.04. The van der Waals surface area contributed by atoms with Crippen molar-refractivity contribution in [3.8, 4) is 11.6 Å². The van der Waals surface area contributed by atoms with E-state index in [1.54, 1.807) is 12.1 Å². The topological polar surface area (TPSA) is 22.1 Å². The quantitative estimate of drug-likeness (QED) is 0.800. The molecule has 0 aliphatic rings. The Morgan fingerprint density at radius 1 is 1.12 bits per heavy atom. The van der Waals surface area contributed by atoms with E-state index in [0.29, 0.717) is 16.7 Å². The number of ether oxygens (including phenoxy) is 1. The van der Waals surface area contributed by atoms with Gasteiger partial charge in [-0.15, -0.1) is 0 Å². The first kappa shape index (κ1) is 11.2. The zero-order chi connectivity index (χ0) is 11.5. The van der Waals surface area contributed by atoms with Crippen LogP contribution in [-0.4, -0.2) is 4.98 Å². The van der Waals surface area contributed by atoms with Crippen molar-refractivity contribution >= 4 is 23.2 Å². The molecule has 0 amide bonds. The van der Waals surface area contributed by atoms with Crippen molar-refractivity contribution in [2.24, 2.45) is 0 Å². The molecule has 0 unspecified atom stereocenters. The fraction of sp³-hybridized carbons (Fsp3) is 0. The molecule has 0 fully saturated rings. The largest absolute Gasteiger partial charge is 0.439 e. The predicted molar refractivity (Wildman–Crippen MR) is 60.7 cm³/mol. The number of hydrogen-bond donors (Lipinski definition) is 0. The first-order valence-electron chi connectivity index (χ1n) is 4.39. The van der Waals surface area contributed by atoms with Crippen molar-refractivity contribution in [1.82, 2.24) is 4.98 Å². The molecule has 82 valence electrons. The van der Waals surface area contributed by atoms with E-state index in [0.717, 1.165) is 0 Å². The van der Waals surface area contributed by atoms with Gasteiger partial charge in [-0.3, -0.25) is 0 Å². The highest BCUT2D eigenvalue weighted by Gasteiger charge is 2.03. The van der Waals surface area contributed by atoms with E-state index >= 15 is 0 Å². The molecule has 16 heavy (non-hydrogen) atoms. The summed E-state index contributed by atoms with van der Waals surface area (Å²) in [5.41, 5.74) is 0. The summed E-state index contributed by atoms with van der Waals surface area (Å²) < 4.78 is 18.2. The molecular weight excluding hydrogens is 252 g/mol. The van der Waals surface area contributed by atoms with E-state index in [-0.39, 0.29) is 5.02 Å². The van der Waals surface area contributed by atoms with Crippen molar-refractivity contribution in [2.45, 2.75) is 0 Å². The second-order valence-electron chi connectivity index (χ2n) is 2.99. The standard InChI is InChI=1S/C11H6Cl2FNO/c12-7-1-4-11(15-6-7)16-8-2-3-10(14)9(13)5-8/h1-6H. The molecule has 2 rings (SSSR count). The third kappa shape index (κ3) is 2.62. The molecule has 0 N–H and O–H groups in total. The van der Waals surface area contributed by atoms with Gasteiger partial charge >= 0.3 is 0 Å². The number of pyridine rings is 1. The van der Waals surface area contributed by atoms with Crippen LogP contribution in [-0.2, 0) is 0 Å². The SMILES string of the molecule is Fc1ccc(Oc2ccc(Cl)cn2)cc1Cl. The molecule has 1 aromatic carbocycles. The molecule has 0 radical (unpaired) electrons. The Morgan fingerprint density at radius 3 is 2.56 bits per heavy atom. The zero-order valence-corrected chi connectivity index (χ0v) is 9.47. The van der Waals surface area contributed by atoms with Crippen LogP contribution in [0.2, 0.25) is 10.0 Å². The predicted octanol–water partition coefficient (Wildman–Crippen LogP) is 4.32. The number of halogens is 3. The molecule has 0 bridgehead atoms. The minimum atomic E-state index is -0.488. The summed E-state index contributed by atoms with van der Waals surface area (Å²) in [6.07, 6.45) is 1.46. The highest BCUT2D eigenvalue weighted by atomic mass is 35.5. The van der Waals surface area contributed by atoms with Gasteiger partial charge in [0.25, 0.3) is 0 Å². The zero-order valence-electron chi connectivity index (χ0n) is 7.95. The van der Waals surface area contributed by atoms with E-state index in [1.165, 1.54) is 24.4 Å². The Morgan fingerprint density at radius 2 is 1.94 bits per heavy atom. The van der Waals surface area contributed by atoms with Crippen molar-refractivity contribution in [3.63, 3.8) is 0 Å². The summed E-state index contributed by atoms with van der Waals surface area (Å²) in [5, 5.41) is 0.524. The van der Waals surface area contributed by atoms with Crippen LogP contribution in [0.5, 0.6) is 11.6 Å². The van der Waals surface area contributed by atoms with Crippen LogP contribution < -0.4 is 4.74 Å². The van der Waals surface area contributed by atoms with Gasteiger partial charge in [0.05, 0.1) is 10.0 Å². The van der Waals surface area contributed by atoms with Crippen LogP contribution >= 0.6 is 23.2 Å². The van der Waals surface area contributed by atoms with Gasteiger partial charge in [-0.1, -0.05) is 23.2 Å². The smallest absolute Gasteiger partial charge is 0.219 e. The van der Waals surface area contributed by atoms with E-state index in [9.17, 15) is 4.39 Å². The molecular formula is C11H6Cl2FNO. The number of hydrogen-bond acceptors (Lipinski definition) is 2. The third-order valence-electron chi connectivity index (χ3n) is 1.81. The summed E-state index contributed by atoms with van der Waals surface area (Å²) >= 11 is 11.3. The van der Waals surface area contributed by atoms with Crippen LogP contribution in [0.3, 0.4) is 0 Å². The summed E-state index contributed by atoms with van der Waals surface area (Å²) in [4.78, 5) is 3.93. The van der Waals surface area contributed by atoms with Gasteiger partial charge in [0.15, 0.2) is 0 Å². The van der Waals surface area contributed by atoms with Crippen LogP contribution in [0.4, 0.5) is 4.39 Å². The lowest BCUT2D eigenvalue weighted by atomic mass is 10.3. The number of benzene rings is 1. The Balaban J connectivity index is 2.20. The van der Waals surface area contributed by atoms with Crippen LogP contribution in [0.1, 0.15) is 0 Å². The highest BCUT2D eigenvalue weighted by molar-refractivity contribution is 6.31. The number of rotatable bonds is 2. The van der Waals surface area contributed by atoms with E-state index in [4.69, 9.17) is 27.9 Å². The Bertz CT molecular complexity index is 502. The maximum Gasteiger partial charge on any atom is 0.219 e. The van der Waals surface area contributed by atoms with E-state index in [2.05, 4.69) is 4.98 Å². The average Bonchev–Trinajstić information content (AvgIpc) is 2.27. The second-order valence-corrected chi connectivity index (χ2v) is 3.84. The van der Waals surface area contributed by atoms with Gasteiger partial charge in [-0.2, -0.15) is 0 Å². The number of nitrogens with zero attached hydrogens (tertiary/aromatic N) is 1. The first-order valence-corrected chi connectivity index (χ1v) is 5.15. The monoisotopic (exact) mass is 257 g/mol. The summed E-state index contributed by atoms with van der Waals surface area (Å²) in [7, 11) is 0. The molecule has 2 nitrogen and oxygen atoms in total. The summed E-state index contributed by atoms with van der Waals surface area (Å²) in [6, 6.07) is 7.34. The fourth-order valence-corrected chi connectivity index (χ4v) is 1.37. The maximum atomic E-state index is 12.9. The van der Waals surface area contributed by atoms with E-state index < -0.39 is 5.82 Å². The Labute approximate surface area is 102 Å². The lowest BCUT2D eigenvalue weighted by Crippen LogP contribution is -1.87. The lowest BCUT2D eigenvalue weighted by molar-refractivity contribution is 0.461. The molecule has 0 saturated heterocycles. The first-order chi connectivity index (χ1) is 7.65. The van der Waals surface area contributed by atoms with Gasteiger partial charge in [-0.25, -0.2) is 9.37 Å². The molecule has 0 atom stereocenters. The molecule has 2 aromatic rings. The second kappa shape index (κ2) is 4.68. The molecule has 0 saturated carbocycles. The van der Waals surface area contributed by atoms with Gasteiger partial charge in [-0.05, 0) is 18.2 Å². The third-order valence-corrected chi connectivity index (χ3v) is 2.33. The van der Waals surface area contributed by atoms with Crippen molar-refractivity contribution in [2.75, 3.05) is 0 Å². The Hall–Kier alpha value is -1.32. The molecule has 0 spiro atoms. The highest BCUT2D eigenvalue weighted by Crippen LogP contribution is 2.25. The van der Waals surface area contributed by atoms with Crippen LogP contribution in [0, 0.1) is 5.82 Å². The molecule has 5 heteroatoms. The fourth-order valence-electron chi connectivity index (χ4n) is 1.08.